The number of aromatic nitrogens is 4. The average molecular weight is 479 g/mol. The Bertz CT molecular complexity index is 1310. The highest BCUT2D eigenvalue weighted by atomic mass is 16.5. The van der Waals surface area contributed by atoms with Crippen LogP contribution in [0.1, 0.15) is 0 Å². The second kappa shape index (κ2) is 11.1. The minimum atomic E-state index is -0.282. The Morgan fingerprint density at radius 3 is 2.46 bits per heavy atom. The van der Waals surface area contributed by atoms with E-state index in [9.17, 15) is 4.79 Å². The topological polar surface area (TPSA) is 118 Å². The average Bonchev–Trinajstić information content (AvgIpc) is 3.32. The highest BCUT2D eigenvalue weighted by molar-refractivity contribution is 5.77. The predicted octanol–water partition coefficient (Wildman–Crippen LogP) is 2.39. The molecule has 0 spiro atoms. The van der Waals surface area contributed by atoms with Crippen LogP contribution in [0.15, 0.2) is 54.6 Å². The van der Waals surface area contributed by atoms with Gasteiger partial charge in [-0.25, -0.2) is 0 Å². The molecule has 0 aliphatic rings. The maximum absolute atomic E-state index is 12.1. The van der Waals surface area contributed by atoms with Crippen LogP contribution in [0.4, 0.5) is 0 Å². The van der Waals surface area contributed by atoms with E-state index in [2.05, 4.69) is 20.6 Å². The first-order chi connectivity index (χ1) is 17.1. The van der Waals surface area contributed by atoms with Crippen LogP contribution in [-0.4, -0.2) is 66.8 Å². The minimum Gasteiger partial charge on any atom is -0.497 e. The van der Waals surface area contributed by atoms with Crippen molar-refractivity contribution in [1.29, 1.82) is 0 Å². The molecule has 0 fully saturated rings. The Balaban J connectivity index is 1.34. The van der Waals surface area contributed by atoms with E-state index in [4.69, 9.17) is 23.7 Å². The van der Waals surface area contributed by atoms with Crippen molar-refractivity contribution in [1.82, 2.24) is 25.1 Å². The molecule has 0 aliphatic heterocycles. The molecular formula is C24H25N5O6. The van der Waals surface area contributed by atoms with Gasteiger partial charge in [-0.2, -0.15) is 4.52 Å². The van der Waals surface area contributed by atoms with Crippen LogP contribution in [0.2, 0.25) is 0 Å². The van der Waals surface area contributed by atoms with Crippen molar-refractivity contribution in [2.24, 2.45) is 0 Å². The molecule has 4 aromatic rings. The molecule has 0 saturated carbocycles. The minimum absolute atomic E-state index is 0.141. The summed E-state index contributed by atoms with van der Waals surface area (Å²) in [6.07, 6.45) is 0. The Hall–Kier alpha value is -4.54. The zero-order chi connectivity index (χ0) is 24.6. The van der Waals surface area contributed by atoms with Crippen LogP contribution in [0.25, 0.3) is 17.0 Å². The number of carbonyl (C=O) groups is 1. The van der Waals surface area contributed by atoms with Gasteiger partial charge in [-0.05, 0) is 30.3 Å². The summed E-state index contributed by atoms with van der Waals surface area (Å²) in [4.78, 5) is 12.1. The first-order valence-corrected chi connectivity index (χ1v) is 10.7. The number of carbonyl (C=O) groups excluding carboxylic acids is 1. The van der Waals surface area contributed by atoms with Crippen molar-refractivity contribution >= 4 is 11.6 Å². The standard InChI is InChI=1S/C24H25N5O6/c1-31-16-8-9-17(20(14-16)33-3)24-27-26-21-10-11-23(28-29(21)24)34-13-12-25-22(30)15-35-19-7-5-4-6-18(19)32-2/h4-11,14H,12-13,15H2,1-3H3,(H,25,30). The molecule has 2 aromatic carbocycles. The third-order valence-electron chi connectivity index (χ3n) is 4.99. The first-order valence-electron chi connectivity index (χ1n) is 10.7. The fraction of sp³-hybridized carbons (Fsp3) is 0.250. The monoisotopic (exact) mass is 479 g/mol. The number of fused-ring (bicyclic) bond motifs is 1. The molecule has 35 heavy (non-hydrogen) atoms. The van der Waals surface area contributed by atoms with Crippen molar-refractivity contribution in [2.45, 2.75) is 0 Å². The molecule has 0 aliphatic carbocycles. The van der Waals surface area contributed by atoms with E-state index in [0.29, 0.717) is 45.9 Å². The van der Waals surface area contributed by atoms with Gasteiger partial charge in [0.05, 0.1) is 33.4 Å². The Morgan fingerprint density at radius 2 is 1.69 bits per heavy atom. The Morgan fingerprint density at radius 1 is 0.886 bits per heavy atom. The number of nitrogens with one attached hydrogen (secondary N) is 1. The zero-order valence-electron chi connectivity index (χ0n) is 19.6. The highest BCUT2D eigenvalue weighted by Gasteiger charge is 2.16. The lowest BCUT2D eigenvalue weighted by Gasteiger charge is -2.11. The van der Waals surface area contributed by atoms with Gasteiger partial charge in [-0.1, -0.05) is 12.1 Å². The molecule has 11 heteroatoms. The summed E-state index contributed by atoms with van der Waals surface area (Å²) >= 11 is 0. The van der Waals surface area contributed by atoms with E-state index >= 15 is 0 Å². The number of hydrogen-bond donors (Lipinski definition) is 1. The van der Waals surface area contributed by atoms with E-state index < -0.39 is 0 Å². The summed E-state index contributed by atoms with van der Waals surface area (Å²) in [6.45, 7) is 0.343. The number of ether oxygens (including phenoxy) is 5. The van der Waals surface area contributed by atoms with Crippen molar-refractivity contribution < 1.29 is 28.5 Å². The van der Waals surface area contributed by atoms with Crippen LogP contribution in [0, 0.1) is 0 Å². The van der Waals surface area contributed by atoms with E-state index in [1.54, 1.807) is 68.3 Å². The van der Waals surface area contributed by atoms with Crippen LogP contribution >= 0.6 is 0 Å². The predicted molar refractivity (Wildman–Crippen MR) is 126 cm³/mol. The summed E-state index contributed by atoms with van der Waals surface area (Å²) in [7, 11) is 4.70. The molecule has 1 N–H and O–H groups in total. The fourth-order valence-corrected chi connectivity index (χ4v) is 3.28. The third-order valence-corrected chi connectivity index (χ3v) is 4.99. The first kappa shape index (κ1) is 23.6. The molecule has 0 bridgehead atoms. The van der Waals surface area contributed by atoms with Crippen molar-refractivity contribution in [2.75, 3.05) is 41.1 Å². The van der Waals surface area contributed by atoms with Gasteiger partial charge < -0.3 is 29.0 Å². The van der Waals surface area contributed by atoms with Crippen molar-refractivity contribution in [3.8, 4) is 40.3 Å². The second-order valence-electron chi connectivity index (χ2n) is 7.17. The molecule has 0 saturated heterocycles. The van der Waals surface area contributed by atoms with E-state index in [1.165, 1.54) is 0 Å². The van der Waals surface area contributed by atoms with Crippen LogP contribution in [-0.2, 0) is 4.79 Å². The number of benzene rings is 2. The largest absolute Gasteiger partial charge is 0.497 e. The van der Waals surface area contributed by atoms with Gasteiger partial charge >= 0.3 is 0 Å². The molecule has 2 heterocycles. The van der Waals surface area contributed by atoms with Gasteiger partial charge in [-0.3, -0.25) is 4.79 Å². The maximum atomic E-state index is 12.1. The fourth-order valence-electron chi connectivity index (χ4n) is 3.28. The number of methoxy groups -OCH3 is 3. The van der Waals surface area contributed by atoms with Crippen molar-refractivity contribution in [3.05, 3.63) is 54.6 Å². The number of hydrogen-bond acceptors (Lipinski definition) is 9. The second-order valence-corrected chi connectivity index (χ2v) is 7.17. The van der Waals surface area contributed by atoms with Gasteiger partial charge in [0.1, 0.15) is 18.1 Å². The lowest BCUT2D eigenvalue weighted by atomic mass is 10.2. The SMILES string of the molecule is COc1ccc(-c2nnc3ccc(OCCNC(=O)COc4ccccc4OC)nn23)c(OC)c1. The molecule has 2 aromatic heterocycles. The van der Waals surface area contributed by atoms with Gasteiger partial charge in [0.25, 0.3) is 5.91 Å². The Labute approximate surface area is 201 Å². The lowest BCUT2D eigenvalue weighted by molar-refractivity contribution is -0.123. The highest BCUT2D eigenvalue weighted by Crippen LogP contribution is 2.32. The number of rotatable bonds is 11. The van der Waals surface area contributed by atoms with E-state index in [0.717, 1.165) is 0 Å². The quantitative estimate of drug-likeness (QED) is 0.324. The lowest BCUT2D eigenvalue weighted by Crippen LogP contribution is -2.32. The van der Waals surface area contributed by atoms with Crippen LogP contribution < -0.4 is 29.0 Å². The molecule has 0 atom stereocenters. The summed E-state index contributed by atoms with van der Waals surface area (Å²) < 4.78 is 28.7. The molecule has 182 valence electrons. The maximum Gasteiger partial charge on any atom is 0.258 e. The molecule has 0 radical (unpaired) electrons. The van der Waals surface area contributed by atoms with Gasteiger partial charge in [0, 0.05) is 12.1 Å². The summed E-state index contributed by atoms with van der Waals surface area (Å²) in [5.41, 5.74) is 1.25. The van der Waals surface area contributed by atoms with E-state index in [-0.39, 0.29) is 25.7 Å². The normalized spacial score (nSPS) is 10.6. The van der Waals surface area contributed by atoms with Gasteiger partial charge in [0.15, 0.2) is 29.6 Å². The summed E-state index contributed by atoms with van der Waals surface area (Å²) in [6, 6.07) is 15.9. The smallest absolute Gasteiger partial charge is 0.258 e. The van der Waals surface area contributed by atoms with Crippen LogP contribution in [0.3, 0.4) is 0 Å². The van der Waals surface area contributed by atoms with Gasteiger partial charge in [0.2, 0.25) is 5.88 Å². The molecule has 0 unspecified atom stereocenters. The number of nitrogens with zero attached hydrogens (tertiary/aromatic N) is 4. The number of para-hydroxylation sites is 2. The number of amides is 1. The molecule has 11 nitrogen and oxygen atoms in total. The molecule has 1 amide bonds. The third kappa shape index (κ3) is 5.52. The molecule has 4 rings (SSSR count). The van der Waals surface area contributed by atoms with Gasteiger partial charge in [-0.15, -0.1) is 15.3 Å². The van der Waals surface area contributed by atoms with E-state index in [1.807, 2.05) is 12.1 Å². The summed E-state index contributed by atoms with van der Waals surface area (Å²) in [5, 5.41) is 15.6. The molecular weight excluding hydrogens is 454 g/mol. The Kier molecular flexibility index (Phi) is 7.46. The van der Waals surface area contributed by atoms with Crippen LogP contribution in [0.5, 0.6) is 28.9 Å². The van der Waals surface area contributed by atoms with Crippen molar-refractivity contribution in [3.63, 3.8) is 0 Å². The summed E-state index contributed by atoms with van der Waals surface area (Å²) in [5.74, 6) is 2.85. The zero-order valence-corrected chi connectivity index (χ0v) is 19.6.